The number of hydrogen-bond donors (Lipinski definition) is 2. The molecule has 0 aromatic rings. The lowest BCUT2D eigenvalue weighted by Gasteiger charge is -2.29. The maximum Gasteiger partial charge on any atom is 0.234 e. The smallest absolute Gasteiger partial charge is 0.234 e. The van der Waals surface area contributed by atoms with Gasteiger partial charge in [0.2, 0.25) is 5.91 Å². The summed E-state index contributed by atoms with van der Waals surface area (Å²) in [5, 5.41) is 6.48. The van der Waals surface area contributed by atoms with Gasteiger partial charge in [-0.15, -0.1) is 0 Å². The van der Waals surface area contributed by atoms with Gasteiger partial charge in [0.25, 0.3) is 0 Å². The second-order valence-electron chi connectivity index (χ2n) is 5.40. The van der Waals surface area contributed by atoms with E-state index < -0.39 is 0 Å². The van der Waals surface area contributed by atoms with Crippen molar-refractivity contribution in [3.05, 3.63) is 0 Å². The fourth-order valence-corrected chi connectivity index (χ4v) is 2.51. The Morgan fingerprint density at radius 3 is 2.89 bits per heavy atom. The van der Waals surface area contributed by atoms with Crippen molar-refractivity contribution < 1.29 is 9.53 Å². The Labute approximate surface area is 117 Å². The molecule has 2 N–H and O–H groups in total. The van der Waals surface area contributed by atoms with E-state index in [0.29, 0.717) is 19.2 Å². The molecule has 1 aliphatic rings. The highest BCUT2D eigenvalue weighted by Crippen LogP contribution is 2.08. The minimum Gasteiger partial charge on any atom is -0.383 e. The second kappa shape index (κ2) is 9.28. The molecule has 0 spiro atoms. The van der Waals surface area contributed by atoms with Crippen molar-refractivity contribution in [2.24, 2.45) is 0 Å². The number of piperidine rings is 1. The Bertz CT molecular complexity index is 255. The number of amides is 1. The van der Waals surface area contributed by atoms with E-state index in [1.54, 1.807) is 7.11 Å². The first-order chi connectivity index (χ1) is 9.15. The lowest BCUT2D eigenvalue weighted by atomic mass is 10.0. The summed E-state index contributed by atoms with van der Waals surface area (Å²) >= 11 is 0. The molecule has 0 radical (unpaired) electrons. The molecule has 1 rings (SSSR count). The summed E-state index contributed by atoms with van der Waals surface area (Å²) < 4.78 is 5.02. The minimum atomic E-state index is 0.0732. The van der Waals surface area contributed by atoms with E-state index >= 15 is 0 Å². The topological polar surface area (TPSA) is 53.6 Å². The summed E-state index contributed by atoms with van der Waals surface area (Å²) in [6, 6.07) is 0.613. The maximum absolute atomic E-state index is 11.9. The Morgan fingerprint density at radius 2 is 2.32 bits per heavy atom. The largest absolute Gasteiger partial charge is 0.383 e. The summed E-state index contributed by atoms with van der Waals surface area (Å²) in [7, 11) is 1.65. The van der Waals surface area contributed by atoms with Crippen molar-refractivity contribution in [3.63, 3.8) is 0 Å². The van der Waals surface area contributed by atoms with Gasteiger partial charge in [0.15, 0.2) is 0 Å². The van der Waals surface area contributed by atoms with Gasteiger partial charge in [0.1, 0.15) is 0 Å². The first kappa shape index (κ1) is 16.4. The highest BCUT2D eigenvalue weighted by Gasteiger charge is 2.18. The molecule has 0 aromatic carbocycles. The zero-order chi connectivity index (χ0) is 14.1. The predicted molar refractivity (Wildman–Crippen MR) is 77.2 cm³/mol. The molecule has 112 valence electrons. The van der Waals surface area contributed by atoms with Crippen molar-refractivity contribution >= 4 is 5.91 Å². The van der Waals surface area contributed by atoms with Gasteiger partial charge < -0.3 is 15.4 Å². The third-order valence-corrected chi connectivity index (χ3v) is 3.53. The second-order valence-corrected chi connectivity index (χ2v) is 5.40. The van der Waals surface area contributed by atoms with Crippen LogP contribution in [0.3, 0.4) is 0 Å². The van der Waals surface area contributed by atoms with Gasteiger partial charge in [-0.2, -0.15) is 0 Å². The van der Waals surface area contributed by atoms with E-state index in [1.807, 2.05) is 6.92 Å². The Balaban J connectivity index is 2.28. The van der Waals surface area contributed by atoms with E-state index in [1.165, 1.54) is 19.3 Å². The van der Waals surface area contributed by atoms with E-state index in [9.17, 15) is 4.79 Å². The van der Waals surface area contributed by atoms with Crippen LogP contribution >= 0.6 is 0 Å². The van der Waals surface area contributed by atoms with Gasteiger partial charge in [-0.25, -0.2) is 0 Å². The molecule has 2 unspecified atom stereocenters. The molecule has 5 nitrogen and oxygen atoms in total. The SMILES string of the molecule is CCN(CC(=O)NC(C)COC)CC1CCCCN1. The molecule has 2 atom stereocenters. The van der Waals surface area contributed by atoms with Gasteiger partial charge in [0, 0.05) is 25.7 Å². The molecule has 1 amide bonds. The van der Waals surface area contributed by atoms with Crippen molar-refractivity contribution in [3.8, 4) is 0 Å². The minimum absolute atomic E-state index is 0.0732. The zero-order valence-electron chi connectivity index (χ0n) is 12.6. The number of carbonyl (C=O) groups is 1. The normalized spacial score (nSPS) is 21.4. The monoisotopic (exact) mass is 271 g/mol. The molecule has 1 fully saturated rings. The average Bonchev–Trinajstić information content (AvgIpc) is 2.39. The van der Waals surface area contributed by atoms with Crippen molar-refractivity contribution in [1.29, 1.82) is 0 Å². The summed E-state index contributed by atoms with van der Waals surface area (Å²) in [6.07, 6.45) is 3.79. The summed E-state index contributed by atoms with van der Waals surface area (Å²) in [4.78, 5) is 14.1. The van der Waals surface area contributed by atoms with E-state index in [2.05, 4.69) is 22.5 Å². The van der Waals surface area contributed by atoms with Gasteiger partial charge >= 0.3 is 0 Å². The standard InChI is InChI=1S/C14H29N3O2/c1-4-17(9-13-7-5-6-8-15-13)10-14(18)16-12(2)11-19-3/h12-13,15H,4-11H2,1-3H3,(H,16,18). The molecule has 1 saturated heterocycles. The van der Waals surface area contributed by atoms with Crippen LogP contribution in [0.2, 0.25) is 0 Å². The molecule has 0 aliphatic carbocycles. The van der Waals surface area contributed by atoms with Crippen molar-refractivity contribution in [2.45, 2.75) is 45.2 Å². The third kappa shape index (κ3) is 6.89. The van der Waals surface area contributed by atoms with Crippen LogP contribution in [0.25, 0.3) is 0 Å². The Kier molecular flexibility index (Phi) is 8.02. The molecule has 1 aliphatic heterocycles. The van der Waals surface area contributed by atoms with E-state index in [0.717, 1.165) is 19.6 Å². The summed E-state index contributed by atoms with van der Waals surface area (Å²) in [5.74, 6) is 0.0854. The molecular formula is C14H29N3O2. The van der Waals surface area contributed by atoms with Crippen LogP contribution in [-0.2, 0) is 9.53 Å². The molecule has 1 heterocycles. The van der Waals surface area contributed by atoms with Gasteiger partial charge in [-0.3, -0.25) is 9.69 Å². The number of ether oxygens (including phenoxy) is 1. The molecule has 0 saturated carbocycles. The molecule has 0 bridgehead atoms. The Hall–Kier alpha value is -0.650. The summed E-state index contributed by atoms with van der Waals surface area (Å²) in [6.45, 7) is 8.08. The summed E-state index contributed by atoms with van der Waals surface area (Å²) in [5.41, 5.74) is 0. The molecule has 5 heteroatoms. The number of rotatable bonds is 8. The van der Waals surface area contributed by atoms with Gasteiger partial charge in [-0.1, -0.05) is 13.3 Å². The predicted octanol–water partition coefficient (Wildman–Crippen LogP) is 0.602. The van der Waals surface area contributed by atoms with Crippen LogP contribution in [0.5, 0.6) is 0 Å². The molecular weight excluding hydrogens is 242 g/mol. The van der Waals surface area contributed by atoms with Crippen molar-refractivity contribution in [2.75, 3.05) is 39.9 Å². The van der Waals surface area contributed by atoms with Crippen LogP contribution in [0.1, 0.15) is 33.1 Å². The first-order valence-electron chi connectivity index (χ1n) is 7.39. The van der Waals surface area contributed by atoms with Crippen LogP contribution in [0.15, 0.2) is 0 Å². The molecule has 0 aromatic heterocycles. The average molecular weight is 271 g/mol. The van der Waals surface area contributed by atoms with Crippen LogP contribution in [-0.4, -0.2) is 62.8 Å². The Morgan fingerprint density at radius 1 is 1.53 bits per heavy atom. The van der Waals surface area contributed by atoms with Crippen molar-refractivity contribution in [1.82, 2.24) is 15.5 Å². The number of nitrogens with one attached hydrogen (secondary N) is 2. The van der Waals surface area contributed by atoms with Crippen LogP contribution in [0, 0.1) is 0 Å². The van der Waals surface area contributed by atoms with E-state index in [4.69, 9.17) is 4.74 Å². The first-order valence-corrected chi connectivity index (χ1v) is 7.39. The highest BCUT2D eigenvalue weighted by molar-refractivity contribution is 5.78. The van der Waals surface area contributed by atoms with E-state index in [-0.39, 0.29) is 11.9 Å². The number of methoxy groups -OCH3 is 1. The number of likely N-dealkylation sites (N-methyl/N-ethyl adjacent to an activating group) is 1. The van der Waals surface area contributed by atoms with Crippen LogP contribution in [0.4, 0.5) is 0 Å². The van der Waals surface area contributed by atoms with Gasteiger partial charge in [-0.05, 0) is 32.9 Å². The number of nitrogens with zero attached hydrogens (tertiary/aromatic N) is 1. The molecule has 19 heavy (non-hydrogen) atoms. The lowest BCUT2D eigenvalue weighted by Crippen LogP contribution is -2.48. The fourth-order valence-electron chi connectivity index (χ4n) is 2.51. The number of hydrogen-bond acceptors (Lipinski definition) is 4. The van der Waals surface area contributed by atoms with Crippen LogP contribution < -0.4 is 10.6 Å². The third-order valence-electron chi connectivity index (χ3n) is 3.53. The zero-order valence-corrected chi connectivity index (χ0v) is 12.6. The highest BCUT2D eigenvalue weighted by atomic mass is 16.5. The quantitative estimate of drug-likeness (QED) is 0.679. The fraction of sp³-hybridized carbons (Fsp3) is 0.929. The lowest BCUT2D eigenvalue weighted by molar-refractivity contribution is -0.123. The van der Waals surface area contributed by atoms with Gasteiger partial charge in [0.05, 0.1) is 13.2 Å². The maximum atomic E-state index is 11.9. The number of carbonyl (C=O) groups excluding carboxylic acids is 1.